The van der Waals surface area contributed by atoms with E-state index in [-0.39, 0.29) is 17.6 Å². The number of anilines is 2. The van der Waals surface area contributed by atoms with Gasteiger partial charge in [-0.25, -0.2) is 0 Å². The number of rotatable bonds is 7. The number of phenols is 1. The average molecular weight is 493 g/mol. The highest BCUT2D eigenvalue weighted by Crippen LogP contribution is 2.36. The van der Waals surface area contributed by atoms with Crippen molar-refractivity contribution in [2.75, 3.05) is 42.9 Å². The smallest absolute Gasteiger partial charge is 0.251 e. The van der Waals surface area contributed by atoms with Crippen LogP contribution >= 0.6 is 0 Å². The number of unbranched alkanes of at least 4 members (excludes halogenated alkanes) is 2. The van der Waals surface area contributed by atoms with Gasteiger partial charge in [-0.3, -0.25) is 9.59 Å². The summed E-state index contributed by atoms with van der Waals surface area (Å²) in [7, 11) is 0. The van der Waals surface area contributed by atoms with E-state index in [4.69, 9.17) is 0 Å². The van der Waals surface area contributed by atoms with Gasteiger partial charge < -0.3 is 25.5 Å². The first-order chi connectivity index (χ1) is 17.3. The zero-order valence-electron chi connectivity index (χ0n) is 22.1. The molecule has 0 saturated carbocycles. The minimum absolute atomic E-state index is 0.0385. The maximum Gasteiger partial charge on any atom is 0.251 e. The summed E-state index contributed by atoms with van der Waals surface area (Å²) in [6, 6.07) is 7.53. The van der Waals surface area contributed by atoms with Crippen LogP contribution in [0.15, 0.2) is 24.3 Å². The summed E-state index contributed by atoms with van der Waals surface area (Å²) < 4.78 is 0. The van der Waals surface area contributed by atoms with E-state index in [9.17, 15) is 14.7 Å². The lowest BCUT2D eigenvalue weighted by Gasteiger charge is -2.38. The second kappa shape index (κ2) is 11.3. The molecule has 2 amide bonds. The topological polar surface area (TPSA) is 84.9 Å². The molecular formula is C29H40N4O3. The van der Waals surface area contributed by atoms with Gasteiger partial charge in [0.25, 0.3) is 5.91 Å². The summed E-state index contributed by atoms with van der Waals surface area (Å²) in [6.45, 7) is 11.9. The molecule has 0 bridgehead atoms. The fourth-order valence-corrected chi connectivity index (χ4v) is 5.34. The number of fused-ring (bicyclic) bond motifs is 1. The van der Waals surface area contributed by atoms with E-state index >= 15 is 0 Å². The maximum atomic E-state index is 13.9. The highest BCUT2D eigenvalue weighted by atomic mass is 16.3. The number of phenolic OH excluding ortho intramolecular Hbond substituents is 1. The Hall–Kier alpha value is -3.06. The molecule has 7 nitrogen and oxygen atoms in total. The van der Waals surface area contributed by atoms with Crippen molar-refractivity contribution in [3.05, 3.63) is 52.1 Å². The largest absolute Gasteiger partial charge is 0.507 e. The first kappa shape index (κ1) is 26.0. The van der Waals surface area contributed by atoms with Gasteiger partial charge >= 0.3 is 0 Å². The van der Waals surface area contributed by atoms with Crippen LogP contribution in [0.1, 0.15) is 66.5 Å². The number of hydrogen-bond acceptors (Lipinski definition) is 5. The molecular weight excluding hydrogens is 452 g/mol. The Bertz CT molecular complexity index is 1120. The SMILES string of the molecule is CCCCCC(=O)N1CCc2ccc(N3CCNCC3)cc2C1C(=O)Nc1cc(C)c(O)c(C)c1C. The van der Waals surface area contributed by atoms with Crippen LogP contribution in [-0.4, -0.2) is 54.5 Å². The number of hydrogen-bond donors (Lipinski definition) is 3. The van der Waals surface area contributed by atoms with E-state index in [1.165, 1.54) is 0 Å². The molecule has 3 N–H and O–H groups in total. The maximum absolute atomic E-state index is 13.9. The Balaban J connectivity index is 1.70. The van der Waals surface area contributed by atoms with Gasteiger partial charge in [0.05, 0.1) is 0 Å². The van der Waals surface area contributed by atoms with Crippen molar-refractivity contribution in [3.63, 3.8) is 0 Å². The summed E-state index contributed by atoms with van der Waals surface area (Å²) >= 11 is 0. The average Bonchev–Trinajstić information content (AvgIpc) is 2.90. The van der Waals surface area contributed by atoms with Crippen molar-refractivity contribution < 1.29 is 14.7 Å². The van der Waals surface area contributed by atoms with Crippen LogP contribution in [0.5, 0.6) is 5.75 Å². The molecule has 1 fully saturated rings. The molecule has 1 saturated heterocycles. The van der Waals surface area contributed by atoms with Gasteiger partial charge in [-0.05, 0) is 79.6 Å². The van der Waals surface area contributed by atoms with E-state index in [0.717, 1.165) is 79.8 Å². The van der Waals surface area contributed by atoms with Crippen molar-refractivity contribution in [1.29, 1.82) is 0 Å². The van der Waals surface area contributed by atoms with Crippen molar-refractivity contribution >= 4 is 23.2 Å². The minimum atomic E-state index is -0.681. The van der Waals surface area contributed by atoms with Crippen molar-refractivity contribution in [2.24, 2.45) is 0 Å². The highest BCUT2D eigenvalue weighted by Gasteiger charge is 2.36. The summed E-state index contributed by atoms with van der Waals surface area (Å²) in [6.07, 6.45) is 4.10. The van der Waals surface area contributed by atoms with Crippen LogP contribution in [0.2, 0.25) is 0 Å². The summed E-state index contributed by atoms with van der Waals surface area (Å²) in [5, 5.41) is 16.8. The van der Waals surface area contributed by atoms with E-state index in [1.807, 2.05) is 26.8 Å². The number of amides is 2. The number of carbonyl (C=O) groups excluding carboxylic acids is 2. The van der Waals surface area contributed by atoms with E-state index in [0.29, 0.717) is 24.2 Å². The van der Waals surface area contributed by atoms with E-state index < -0.39 is 6.04 Å². The molecule has 1 unspecified atom stereocenters. The number of nitrogens with one attached hydrogen (secondary N) is 2. The van der Waals surface area contributed by atoms with Gasteiger partial charge in [0.1, 0.15) is 11.8 Å². The van der Waals surface area contributed by atoms with Crippen LogP contribution in [0, 0.1) is 20.8 Å². The lowest BCUT2D eigenvalue weighted by atomic mass is 9.90. The summed E-state index contributed by atoms with van der Waals surface area (Å²) in [5.41, 5.74) is 6.12. The third-order valence-corrected chi connectivity index (χ3v) is 7.72. The van der Waals surface area contributed by atoms with Crippen LogP contribution in [0.25, 0.3) is 0 Å². The fraction of sp³-hybridized carbons (Fsp3) is 0.517. The molecule has 0 aromatic heterocycles. The predicted molar refractivity (Wildman–Crippen MR) is 145 cm³/mol. The molecule has 0 radical (unpaired) electrons. The van der Waals surface area contributed by atoms with Crippen molar-refractivity contribution in [2.45, 2.75) is 65.8 Å². The predicted octanol–water partition coefficient (Wildman–Crippen LogP) is 4.37. The number of piperazine rings is 1. The standard InChI is InChI=1S/C29H40N4O3/c1-5-6-7-8-26(34)33-14-11-22-9-10-23(32-15-12-30-13-16-32)18-24(22)27(33)29(36)31-25-17-19(2)28(35)21(4)20(25)3/h9-10,17-18,27,30,35H,5-8,11-16H2,1-4H3,(H,31,36). The molecule has 2 heterocycles. The Morgan fingerprint density at radius 2 is 1.81 bits per heavy atom. The molecule has 0 aliphatic carbocycles. The molecule has 7 heteroatoms. The molecule has 36 heavy (non-hydrogen) atoms. The third kappa shape index (κ3) is 5.36. The molecule has 2 aliphatic heterocycles. The van der Waals surface area contributed by atoms with E-state index in [2.05, 4.69) is 40.7 Å². The molecule has 2 aromatic rings. The van der Waals surface area contributed by atoms with Gasteiger partial charge in [-0.15, -0.1) is 0 Å². The lowest BCUT2D eigenvalue weighted by Crippen LogP contribution is -2.46. The molecule has 2 aliphatic rings. The first-order valence-electron chi connectivity index (χ1n) is 13.3. The normalized spacial score (nSPS) is 17.6. The fourth-order valence-electron chi connectivity index (χ4n) is 5.34. The van der Waals surface area contributed by atoms with Crippen molar-refractivity contribution in [3.8, 4) is 5.75 Å². The molecule has 4 rings (SSSR count). The Morgan fingerprint density at radius 1 is 1.06 bits per heavy atom. The zero-order valence-corrected chi connectivity index (χ0v) is 22.1. The van der Waals surface area contributed by atoms with Gasteiger partial charge in [0.15, 0.2) is 0 Å². The number of aryl methyl sites for hydroxylation is 1. The Morgan fingerprint density at radius 3 is 2.53 bits per heavy atom. The van der Waals surface area contributed by atoms with Gasteiger partial charge in [-0.2, -0.15) is 0 Å². The number of aromatic hydroxyl groups is 1. The van der Waals surface area contributed by atoms with Gasteiger partial charge in [0, 0.05) is 50.5 Å². The van der Waals surface area contributed by atoms with Crippen LogP contribution < -0.4 is 15.5 Å². The molecule has 194 valence electrons. The minimum Gasteiger partial charge on any atom is -0.507 e. The quantitative estimate of drug-likeness (QED) is 0.395. The first-order valence-corrected chi connectivity index (χ1v) is 13.3. The Kier molecular flexibility index (Phi) is 8.19. The van der Waals surface area contributed by atoms with Crippen LogP contribution in [-0.2, 0) is 16.0 Å². The third-order valence-electron chi connectivity index (χ3n) is 7.72. The molecule has 1 atom stereocenters. The zero-order chi connectivity index (χ0) is 25.8. The van der Waals surface area contributed by atoms with Crippen LogP contribution in [0.4, 0.5) is 11.4 Å². The van der Waals surface area contributed by atoms with E-state index in [1.54, 1.807) is 4.90 Å². The monoisotopic (exact) mass is 492 g/mol. The van der Waals surface area contributed by atoms with Gasteiger partial charge in [-0.1, -0.05) is 25.8 Å². The van der Waals surface area contributed by atoms with Crippen molar-refractivity contribution in [1.82, 2.24) is 10.2 Å². The summed E-state index contributed by atoms with van der Waals surface area (Å²) in [4.78, 5) is 31.4. The number of carbonyl (C=O) groups is 2. The second-order valence-electron chi connectivity index (χ2n) is 10.1. The number of nitrogens with zero attached hydrogens (tertiary/aromatic N) is 2. The second-order valence-corrected chi connectivity index (χ2v) is 10.1. The number of benzene rings is 2. The highest BCUT2D eigenvalue weighted by molar-refractivity contribution is 5.99. The summed E-state index contributed by atoms with van der Waals surface area (Å²) in [5.74, 6) is 0.0864. The Labute approximate surface area is 214 Å². The molecule has 2 aromatic carbocycles. The van der Waals surface area contributed by atoms with Gasteiger partial charge in [0.2, 0.25) is 5.91 Å². The van der Waals surface area contributed by atoms with Crippen LogP contribution in [0.3, 0.4) is 0 Å². The lowest BCUT2D eigenvalue weighted by molar-refractivity contribution is -0.139. The molecule has 0 spiro atoms.